The highest BCUT2D eigenvalue weighted by Crippen LogP contribution is 2.38. The summed E-state index contributed by atoms with van der Waals surface area (Å²) in [5.41, 5.74) is 1.68. The average molecular weight is 487 g/mol. The summed E-state index contributed by atoms with van der Waals surface area (Å²) in [4.78, 5) is 23.4. The second-order valence-electron chi connectivity index (χ2n) is 7.65. The van der Waals surface area contributed by atoms with Crippen molar-refractivity contribution in [3.05, 3.63) is 52.5 Å². The van der Waals surface area contributed by atoms with Gasteiger partial charge in [0.1, 0.15) is 23.5 Å². The highest BCUT2D eigenvalue weighted by atomic mass is 35.5. The molecule has 2 aromatic carbocycles. The van der Waals surface area contributed by atoms with Crippen LogP contribution in [0.25, 0.3) is 22.0 Å². The molecule has 12 heteroatoms. The van der Waals surface area contributed by atoms with E-state index in [0.717, 1.165) is 17.5 Å². The van der Waals surface area contributed by atoms with Crippen molar-refractivity contribution >= 4 is 51.8 Å². The lowest BCUT2D eigenvalue weighted by Crippen LogP contribution is -2.41. The fraction of sp³-hybridized carbons (Fsp3) is 0.238. The number of piperidine rings is 1. The van der Waals surface area contributed by atoms with Gasteiger partial charge in [-0.25, -0.2) is 14.4 Å². The first kappa shape index (κ1) is 21.5. The SMILES string of the molecule is O=C(Nc1nn[nH]n1)C1CCCN(c2ncnc3c(F)ccc(-c4ccc(Cl)c(Cl)c4)c23)C1. The van der Waals surface area contributed by atoms with Crippen molar-refractivity contribution in [1.29, 1.82) is 0 Å². The van der Waals surface area contributed by atoms with Crippen LogP contribution in [0, 0.1) is 11.7 Å². The maximum atomic E-state index is 14.7. The topological polar surface area (TPSA) is 113 Å². The van der Waals surface area contributed by atoms with Gasteiger partial charge >= 0.3 is 0 Å². The van der Waals surface area contributed by atoms with Crippen LogP contribution in [-0.4, -0.2) is 49.6 Å². The molecule has 1 fully saturated rings. The lowest BCUT2D eigenvalue weighted by atomic mass is 9.95. The van der Waals surface area contributed by atoms with Crippen LogP contribution in [-0.2, 0) is 4.79 Å². The molecule has 0 bridgehead atoms. The Morgan fingerprint density at radius 3 is 2.85 bits per heavy atom. The second kappa shape index (κ2) is 8.87. The number of tetrazole rings is 1. The quantitative estimate of drug-likeness (QED) is 0.446. The molecule has 1 aliphatic rings. The Bertz CT molecular complexity index is 1330. The molecule has 9 nitrogen and oxygen atoms in total. The number of fused-ring (bicyclic) bond motifs is 1. The van der Waals surface area contributed by atoms with Crippen LogP contribution in [0.4, 0.5) is 16.2 Å². The number of aromatic nitrogens is 6. The van der Waals surface area contributed by atoms with Crippen molar-refractivity contribution in [2.45, 2.75) is 12.8 Å². The van der Waals surface area contributed by atoms with Gasteiger partial charge in [0.05, 0.1) is 21.3 Å². The molecule has 168 valence electrons. The van der Waals surface area contributed by atoms with E-state index in [-0.39, 0.29) is 23.3 Å². The summed E-state index contributed by atoms with van der Waals surface area (Å²) in [5.74, 6) is -0.327. The fourth-order valence-electron chi connectivity index (χ4n) is 4.08. The highest BCUT2D eigenvalue weighted by molar-refractivity contribution is 6.42. The van der Waals surface area contributed by atoms with Crippen molar-refractivity contribution < 1.29 is 9.18 Å². The molecule has 1 saturated heterocycles. The van der Waals surface area contributed by atoms with E-state index in [0.29, 0.717) is 40.8 Å². The standard InChI is InChI=1S/C21H17Cl2FN8O/c22-14-5-3-11(8-15(14)23)13-4-6-16(24)18-17(13)19(26-10-25-18)32-7-1-2-12(9-32)20(33)27-21-28-30-31-29-21/h3-6,8,10,12H,1-2,7,9H2,(H2,27,28,29,30,31,33). The van der Waals surface area contributed by atoms with Gasteiger partial charge in [-0.2, -0.15) is 5.21 Å². The minimum absolute atomic E-state index is 0.119. The minimum atomic E-state index is -0.458. The number of rotatable bonds is 4. The van der Waals surface area contributed by atoms with Gasteiger partial charge in [0.2, 0.25) is 5.91 Å². The molecule has 2 aromatic heterocycles. The van der Waals surface area contributed by atoms with Crippen molar-refractivity contribution in [3.63, 3.8) is 0 Å². The first-order chi connectivity index (χ1) is 16.0. The second-order valence-corrected chi connectivity index (χ2v) is 8.47. The van der Waals surface area contributed by atoms with E-state index >= 15 is 0 Å². The molecule has 33 heavy (non-hydrogen) atoms. The number of carbonyl (C=O) groups is 1. The zero-order valence-corrected chi connectivity index (χ0v) is 18.6. The van der Waals surface area contributed by atoms with Crippen LogP contribution in [0.1, 0.15) is 12.8 Å². The predicted octanol–water partition coefficient (Wildman–Crippen LogP) is 4.11. The number of nitrogens with zero attached hydrogens (tertiary/aromatic N) is 6. The Morgan fingerprint density at radius 1 is 1.18 bits per heavy atom. The first-order valence-electron chi connectivity index (χ1n) is 10.2. The van der Waals surface area contributed by atoms with Crippen LogP contribution in [0.2, 0.25) is 10.0 Å². The normalized spacial score (nSPS) is 16.2. The van der Waals surface area contributed by atoms with Gasteiger partial charge in [-0.05, 0) is 47.4 Å². The number of carbonyl (C=O) groups excluding carboxylic acids is 1. The van der Waals surface area contributed by atoms with E-state index in [1.165, 1.54) is 12.4 Å². The molecule has 3 heterocycles. The number of H-pyrrole nitrogens is 1. The molecular formula is C21H17Cl2FN8O. The summed E-state index contributed by atoms with van der Waals surface area (Å²) in [5, 5.41) is 17.3. The van der Waals surface area contributed by atoms with Crippen molar-refractivity contribution in [2.75, 3.05) is 23.3 Å². The lowest BCUT2D eigenvalue weighted by Gasteiger charge is -2.33. The van der Waals surface area contributed by atoms with Crippen LogP contribution >= 0.6 is 23.2 Å². The molecule has 1 unspecified atom stereocenters. The van der Waals surface area contributed by atoms with E-state index in [9.17, 15) is 9.18 Å². The highest BCUT2D eigenvalue weighted by Gasteiger charge is 2.29. The summed E-state index contributed by atoms with van der Waals surface area (Å²) in [6, 6.07) is 8.28. The smallest absolute Gasteiger partial charge is 0.269 e. The van der Waals surface area contributed by atoms with Crippen molar-refractivity contribution in [1.82, 2.24) is 30.6 Å². The molecule has 1 aliphatic heterocycles. The Kier molecular flexibility index (Phi) is 5.77. The Balaban J connectivity index is 1.54. The minimum Gasteiger partial charge on any atom is -0.355 e. The molecule has 4 aromatic rings. The third-order valence-electron chi connectivity index (χ3n) is 5.62. The zero-order valence-electron chi connectivity index (χ0n) is 17.1. The van der Waals surface area contributed by atoms with E-state index in [1.807, 2.05) is 11.0 Å². The van der Waals surface area contributed by atoms with E-state index in [4.69, 9.17) is 23.2 Å². The number of halogens is 3. The number of hydrogen-bond acceptors (Lipinski definition) is 7. The number of hydrogen-bond donors (Lipinski definition) is 2. The maximum Gasteiger partial charge on any atom is 0.269 e. The lowest BCUT2D eigenvalue weighted by molar-refractivity contribution is -0.120. The molecule has 0 aliphatic carbocycles. The van der Waals surface area contributed by atoms with Gasteiger partial charge in [0.15, 0.2) is 0 Å². The summed E-state index contributed by atoms with van der Waals surface area (Å²) in [7, 11) is 0. The third-order valence-corrected chi connectivity index (χ3v) is 6.36. The Hall–Kier alpha value is -3.37. The number of nitrogens with one attached hydrogen (secondary N) is 2. The number of amides is 1. The Labute approximate surface area is 197 Å². The Morgan fingerprint density at radius 2 is 2.06 bits per heavy atom. The summed E-state index contributed by atoms with van der Waals surface area (Å²) in [6.07, 6.45) is 2.78. The van der Waals surface area contributed by atoms with Gasteiger partial charge in [0, 0.05) is 13.1 Å². The third kappa shape index (κ3) is 4.19. The molecule has 0 radical (unpaired) electrons. The summed E-state index contributed by atoms with van der Waals surface area (Å²) in [6.45, 7) is 1.06. The molecule has 2 N–H and O–H groups in total. The monoisotopic (exact) mass is 486 g/mol. The molecule has 5 rings (SSSR count). The van der Waals surface area contributed by atoms with Gasteiger partial charge in [-0.15, -0.1) is 5.10 Å². The van der Waals surface area contributed by atoms with Crippen LogP contribution in [0.5, 0.6) is 0 Å². The van der Waals surface area contributed by atoms with Crippen LogP contribution in [0.3, 0.4) is 0 Å². The largest absolute Gasteiger partial charge is 0.355 e. The molecule has 0 saturated carbocycles. The van der Waals surface area contributed by atoms with E-state index in [2.05, 4.69) is 35.9 Å². The van der Waals surface area contributed by atoms with Gasteiger partial charge < -0.3 is 4.90 Å². The van der Waals surface area contributed by atoms with Crippen molar-refractivity contribution in [3.8, 4) is 11.1 Å². The zero-order chi connectivity index (χ0) is 22.9. The van der Waals surface area contributed by atoms with Crippen molar-refractivity contribution in [2.24, 2.45) is 5.92 Å². The summed E-state index contributed by atoms with van der Waals surface area (Å²) >= 11 is 12.3. The maximum absolute atomic E-state index is 14.7. The molecule has 1 amide bonds. The van der Waals surface area contributed by atoms with E-state index in [1.54, 1.807) is 18.2 Å². The first-order valence-corrected chi connectivity index (χ1v) is 10.9. The number of aromatic amines is 1. The fourth-order valence-corrected chi connectivity index (χ4v) is 4.38. The average Bonchev–Trinajstić information content (AvgIpc) is 3.34. The van der Waals surface area contributed by atoms with Gasteiger partial charge in [-0.3, -0.25) is 10.1 Å². The predicted molar refractivity (Wildman–Crippen MR) is 123 cm³/mol. The van der Waals surface area contributed by atoms with Gasteiger partial charge in [-0.1, -0.05) is 40.4 Å². The molecule has 0 spiro atoms. The number of benzene rings is 2. The van der Waals surface area contributed by atoms with Crippen LogP contribution < -0.4 is 10.2 Å². The molecule has 1 atom stereocenters. The van der Waals surface area contributed by atoms with Gasteiger partial charge in [0.25, 0.3) is 5.95 Å². The number of anilines is 2. The molecular weight excluding hydrogens is 470 g/mol. The van der Waals surface area contributed by atoms with E-state index < -0.39 is 5.82 Å². The summed E-state index contributed by atoms with van der Waals surface area (Å²) < 4.78 is 14.7. The van der Waals surface area contributed by atoms with Crippen LogP contribution in [0.15, 0.2) is 36.7 Å².